The van der Waals surface area contributed by atoms with Crippen LogP contribution in [-0.2, 0) is 17.3 Å². The molecule has 1 aliphatic rings. The Balaban J connectivity index is 1.16. The molecule has 1 aromatic carbocycles. The van der Waals surface area contributed by atoms with Crippen molar-refractivity contribution in [3.8, 4) is 11.6 Å². The molecule has 4 aromatic heterocycles. The van der Waals surface area contributed by atoms with E-state index in [9.17, 15) is 13.0 Å². The first-order chi connectivity index (χ1) is 17.9. The van der Waals surface area contributed by atoms with Crippen LogP contribution in [0.2, 0.25) is 0 Å². The lowest BCUT2D eigenvalue weighted by molar-refractivity contribution is 0.248. The van der Waals surface area contributed by atoms with Gasteiger partial charge in [-0.25, -0.2) is 18.7 Å². The van der Waals surface area contributed by atoms with Gasteiger partial charge in [0.05, 0.1) is 34.0 Å². The zero-order valence-corrected chi connectivity index (χ0v) is 20.7. The third-order valence-electron chi connectivity index (χ3n) is 6.49. The maximum absolute atomic E-state index is 14.4. The van der Waals surface area contributed by atoms with Crippen molar-refractivity contribution < 1.29 is 17.4 Å². The van der Waals surface area contributed by atoms with Crippen molar-refractivity contribution in [1.82, 2.24) is 34.0 Å². The number of furan rings is 1. The highest BCUT2D eigenvalue weighted by molar-refractivity contribution is 7.84. The van der Waals surface area contributed by atoms with Gasteiger partial charge in [-0.2, -0.15) is 9.50 Å². The Morgan fingerprint density at radius 3 is 2.62 bits per heavy atom. The summed E-state index contributed by atoms with van der Waals surface area (Å²) in [5.41, 5.74) is 8.13. The fourth-order valence-corrected chi connectivity index (χ4v) is 5.16. The number of anilines is 2. The number of hydrogen-bond donors (Lipinski definition) is 1. The second-order valence-corrected chi connectivity index (χ2v) is 10.1. The van der Waals surface area contributed by atoms with Crippen molar-refractivity contribution in [1.29, 1.82) is 0 Å². The van der Waals surface area contributed by atoms with Crippen LogP contribution < -0.4 is 10.6 Å². The predicted octanol–water partition coefficient (Wildman–Crippen LogP) is 2.15. The van der Waals surface area contributed by atoms with E-state index in [2.05, 4.69) is 25.0 Å². The van der Waals surface area contributed by atoms with E-state index in [1.807, 2.05) is 9.47 Å². The summed E-state index contributed by atoms with van der Waals surface area (Å²) in [6, 6.07) is 5.69. The average Bonchev–Trinajstić information content (AvgIpc) is 3.63. The van der Waals surface area contributed by atoms with Gasteiger partial charge in [0.25, 0.3) is 0 Å². The van der Waals surface area contributed by atoms with Gasteiger partial charge in [0.2, 0.25) is 11.8 Å². The van der Waals surface area contributed by atoms with Gasteiger partial charge in [0.1, 0.15) is 11.6 Å². The van der Waals surface area contributed by atoms with Crippen molar-refractivity contribution in [3.63, 3.8) is 0 Å². The number of fused-ring (bicyclic) bond motifs is 3. The fourth-order valence-electron chi connectivity index (χ4n) is 4.55. The summed E-state index contributed by atoms with van der Waals surface area (Å²) in [5, 5.41) is 4.39. The van der Waals surface area contributed by atoms with Crippen LogP contribution in [-0.4, -0.2) is 77.2 Å². The first-order valence-electron chi connectivity index (χ1n) is 11.6. The smallest absolute Gasteiger partial charge is 0.225 e. The molecule has 0 radical (unpaired) electrons. The molecule has 1 aliphatic heterocycles. The highest BCUT2D eigenvalue weighted by Crippen LogP contribution is 2.27. The Kier molecular flexibility index (Phi) is 5.83. The first kappa shape index (κ1) is 23.5. The summed E-state index contributed by atoms with van der Waals surface area (Å²) in [6.45, 7) is 3.82. The van der Waals surface area contributed by atoms with Crippen LogP contribution in [0.3, 0.4) is 0 Å². The number of halogens is 2. The normalized spacial score (nSPS) is 15.7. The maximum Gasteiger partial charge on any atom is 0.225 e. The molecule has 11 nitrogen and oxygen atoms in total. The van der Waals surface area contributed by atoms with Gasteiger partial charge in [-0.15, -0.1) is 5.10 Å². The van der Waals surface area contributed by atoms with Gasteiger partial charge in [-0.3, -0.25) is 9.11 Å². The lowest BCUT2D eigenvalue weighted by atomic mass is 10.2. The molecule has 1 atom stereocenters. The molecule has 6 rings (SSSR count). The molecule has 192 valence electrons. The largest absolute Gasteiger partial charge is 0.461 e. The highest BCUT2D eigenvalue weighted by Gasteiger charge is 2.23. The van der Waals surface area contributed by atoms with E-state index in [-0.39, 0.29) is 16.5 Å². The molecule has 2 N–H and O–H groups in total. The Hall–Kier alpha value is -3.91. The van der Waals surface area contributed by atoms with Crippen molar-refractivity contribution in [2.24, 2.45) is 0 Å². The molecule has 14 heteroatoms. The zero-order chi connectivity index (χ0) is 25.7. The van der Waals surface area contributed by atoms with Crippen molar-refractivity contribution in [2.75, 3.05) is 49.6 Å². The summed E-state index contributed by atoms with van der Waals surface area (Å²) in [5.74, 6) is -0.327. The summed E-state index contributed by atoms with van der Waals surface area (Å²) in [6.07, 6.45) is 4.63. The fraction of sp³-hybridized carbons (Fsp3) is 0.304. The van der Waals surface area contributed by atoms with Gasteiger partial charge >= 0.3 is 0 Å². The zero-order valence-electron chi connectivity index (χ0n) is 19.8. The van der Waals surface area contributed by atoms with Crippen LogP contribution in [0.4, 0.5) is 20.4 Å². The van der Waals surface area contributed by atoms with E-state index in [1.165, 1.54) is 16.8 Å². The molecule has 1 saturated heterocycles. The standard InChI is InChI=1S/C23H23F2N9O2S/c1-37(35)18-12-16(14(24)11-15(18)25)32-7-4-31(5-8-32)6-9-33-13-27-19-21(33)29-23(26)34-22(19)28-20(30-34)17-3-2-10-36-17/h2-3,10-13H,4-9H2,1H3,(H2,26,29). The summed E-state index contributed by atoms with van der Waals surface area (Å²) in [4.78, 5) is 17.7. The monoisotopic (exact) mass is 527 g/mol. The molecule has 0 aliphatic carbocycles. The second-order valence-electron chi connectivity index (χ2n) is 8.75. The number of aromatic nitrogens is 6. The van der Waals surface area contributed by atoms with Gasteiger partial charge in [0, 0.05) is 51.6 Å². The molecule has 37 heavy (non-hydrogen) atoms. The molecule has 0 bridgehead atoms. The van der Waals surface area contributed by atoms with Gasteiger partial charge < -0.3 is 19.6 Å². The highest BCUT2D eigenvalue weighted by atomic mass is 32.2. The number of nitrogens with zero attached hydrogens (tertiary/aromatic N) is 8. The molecular formula is C23H23F2N9O2S. The van der Waals surface area contributed by atoms with Crippen LogP contribution in [0.5, 0.6) is 0 Å². The average molecular weight is 528 g/mol. The van der Waals surface area contributed by atoms with E-state index in [0.29, 0.717) is 67.7 Å². The number of benzene rings is 1. The minimum Gasteiger partial charge on any atom is -0.461 e. The Morgan fingerprint density at radius 2 is 1.89 bits per heavy atom. The molecule has 1 fully saturated rings. The van der Waals surface area contributed by atoms with Crippen LogP contribution in [0, 0.1) is 11.6 Å². The lowest BCUT2D eigenvalue weighted by Crippen LogP contribution is -2.47. The van der Waals surface area contributed by atoms with Gasteiger partial charge in [0.15, 0.2) is 22.6 Å². The second kappa shape index (κ2) is 9.19. The lowest BCUT2D eigenvalue weighted by Gasteiger charge is -2.36. The van der Waals surface area contributed by atoms with Crippen LogP contribution >= 0.6 is 0 Å². The topological polar surface area (TPSA) is 124 Å². The minimum atomic E-state index is -1.54. The minimum absolute atomic E-state index is 0.00986. The molecule has 5 aromatic rings. The van der Waals surface area contributed by atoms with Crippen LogP contribution in [0.1, 0.15) is 0 Å². The third kappa shape index (κ3) is 4.21. The number of rotatable bonds is 6. The van der Waals surface area contributed by atoms with E-state index in [1.54, 1.807) is 24.7 Å². The first-order valence-corrected chi connectivity index (χ1v) is 13.2. The van der Waals surface area contributed by atoms with Crippen LogP contribution in [0.15, 0.2) is 46.2 Å². The Labute approximate surface area is 212 Å². The van der Waals surface area contributed by atoms with Crippen molar-refractivity contribution in [2.45, 2.75) is 11.4 Å². The molecule has 0 amide bonds. The van der Waals surface area contributed by atoms with E-state index in [0.717, 1.165) is 6.07 Å². The molecule has 0 spiro atoms. The molecule has 1 unspecified atom stereocenters. The number of imidazole rings is 1. The molecule has 5 heterocycles. The number of piperazine rings is 1. The Bertz CT molecular complexity index is 1620. The summed E-state index contributed by atoms with van der Waals surface area (Å²) < 4.78 is 48.9. The number of hydrogen-bond acceptors (Lipinski definition) is 9. The maximum atomic E-state index is 14.4. The van der Waals surface area contributed by atoms with E-state index in [4.69, 9.17) is 10.2 Å². The van der Waals surface area contributed by atoms with Crippen molar-refractivity contribution >= 4 is 39.2 Å². The molecular weight excluding hydrogens is 504 g/mol. The van der Waals surface area contributed by atoms with E-state index < -0.39 is 22.4 Å². The SMILES string of the molecule is CS(=O)c1cc(N2CCN(CCn3cnc4c3nc(N)n3nc(-c5ccco5)nc43)CC2)c(F)cc1F. The van der Waals surface area contributed by atoms with E-state index >= 15 is 0 Å². The summed E-state index contributed by atoms with van der Waals surface area (Å²) in [7, 11) is -1.54. The van der Waals surface area contributed by atoms with Crippen LogP contribution in [0.25, 0.3) is 28.4 Å². The Morgan fingerprint density at radius 1 is 1.08 bits per heavy atom. The molecule has 0 saturated carbocycles. The van der Waals surface area contributed by atoms with Gasteiger partial charge in [-0.1, -0.05) is 0 Å². The summed E-state index contributed by atoms with van der Waals surface area (Å²) >= 11 is 0. The van der Waals surface area contributed by atoms with Gasteiger partial charge in [-0.05, 0) is 18.2 Å². The quantitative estimate of drug-likeness (QED) is 0.354. The predicted molar refractivity (Wildman–Crippen MR) is 134 cm³/mol. The number of nitrogens with two attached hydrogens (primary N) is 1. The number of nitrogen functional groups attached to an aromatic ring is 1. The third-order valence-corrected chi connectivity index (χ3v) is 7.42. The van der Waals surface area contributed by atoms with Crippen molar-refractivity contribution in [3.05, 3.63) is 48.5 Å².